The first-order valence-electron chi connectivity index (χ1n) is 8.00. The third kappa shape index (κ3) is 8.05. The molecule has 1 aromatic rings. The van der Waals surface area contributed by atoms with Crippen molar-refractivity contribution in [3.8, 4) is 5.75 Å². The first kappa shape index (κ1) is 21.7. The zero-order chi connectivity index (χ0) is 18.8. The van der Waals surface area contributed by atoms with E-state index in [0.717, 1.165) is 23.6 Å². The molecule has 0 bridgehead atoms. The normalized spacial score (nSPS) is 13.7. The van der Waals surface area contributed by atoms with Gasteiger partial charge < -0.3 is 14.9 Å². The number of ether oxygens (including phenoxy) is 1. The number of hydrogen-bond acceptors (Lipinski definition) is 6. The molecule has 0 saturated carbocycles. The van der Waals surface area contributed by atoms with E-state index in [1.165, 1.54) is 18.7 Å². The lowest BCUT2D eigenvalue weighted by atomic mass is 10.2. The van der Waals surface area contributed by atoms with Crippen molar-refractivity contribution in [1.82, 2.24) is 0 Å². The Morgan fingerprint density at radius 2 is 2.16 bits per heavy atom. The van der Waals surface area contributed by atoms with Crippen molar-refractivity contribution in [2.24, 2.45) is 4.99 Å². The largest absolute Gasteiger partial charge is 0.489 e. The van der Waals surface area contributed by atoms with Gasteiger partial charge in [-0.2, -0.15) is 0 Å². The standard InChI is InChI=1S/C18H24ClNO4S/c1-4-7-20-13(3)25-18(12(2)22)9-14-5-6-17(16(19)8-14)24-11-15(23)10-21/h5-6,8-9,15,21,23H,4,7,10-11H2,1-3H3/b18-9-,20-13?/t15-/m1/s1. The summed E-state index contributed by atoms with van der Waals surface area (Å²) in [5.41, 5.74) is 0.765. The Hall–Kier alpha value is -1.34. The third-order valence-corrected chi connectivity index (χ3v) is 4.40. The Morgan fingerprint density at radius 3 is 2.72 bits per heavy atom. The molecule has 2 N–H and O–H groups in total. The molecule has 0 spiro atoms. The summed E-state index contributed by atoms with van der Waals surface area (Å²) in [6.45, 7) is 5.76. The zero-order valence-corrected chi connectivity index (χ0v) is 16.2. The topological polar surface area (TPSA) is 79.1 Å². The van der Waals surface area contributed by atoms with Crippen LogP contribution in [0.4, 0.5) is 0 Å². The van der Waals surface area contributed by atoms with Crippen LogP contribution in [-0.4, -0.2) is 46.9 Å². The van der Waals surface area contributed by atoms with E-state index in [1.807, 2.05) is 13.8 Å². The third-order valence-electron chi connectivity index (χ3n) is 3.06. The van der Waals surface area contributed by atoms with Crippen LogP contribution < -0.4 is 4.74 Å². The molecular formula is C18H24ClNO4S. The highest BCUT2D eigenvalue weighted by Crippen LogP contribution is 2.28. The van der Waals surface area contributed by atoms with Crippen molar-refractivity contribution >= 4 is 40.3 Å². The van der Waals surface area contributed by atoms with Crippen LogP contribution >= 0.6 is 23.4 Å². The molecule has 1 atom stereocenters. The fourth-order valence-electron chi connectivity index (χ4n) is 1.78. The van der Waals surface area contributed by atoms with Crippen LogP contribution in [0, 0.1) is 0 Å². The molecule has 138 valence electrons. The molecule has 0 unspecified atom stereocenters. The highest BCUT2D eigenvalue weighted by Gasteiger charge is 2.10. The summed E-state index contributed by atoms with van der Waals surface area (Å²) in [6, 6.07) is 5.12. The first-order valence-corrected chi connectivity index (χ1v) is 9.19. The Labute approximate surface area is 157 Å². The molecule has 0 aliphatic carbocycles. The number of allylic oxidation sites excluding steroid dienone is 1. The molecule has 0 heterocycles. The molecule has 0 aromatic heterocycles. The van der Waals surface area contributed by atoms with Gasteiger partial charge in [0.25, 0.3) is 0 Å². The summed E-state index contributed by atoms with van der Waals surface area (Å²) < 4.78 is 5.35. The Bertz CT molecular complexity index is 646. The van der Waals surface area contributed by atoms with Gasteiger partial charge >= 0.3 is 0 Å². The Morgan fingerprint density at radius 1 is 1.44 bits per heavy atom. The van der Waals surface area contributed by atoms with E-state index < -0.39 is 6.10 Å². The van der Waals surface area contributed by atoms with Crippen molar-refractivity contribution in [3.63, 3.8) is 0 Å². The lowest BCUT2D eigenvalue weighted by Crippen LogP contribution is -2.21. The number of halogens is 1. The number of carbonyl (C=O) groups excluding carboxylic acids is 1. The van der Waals surface area contributed by atoms with Crippen molar-refractivity contribution in [2.45, 2.75) is 33.3 Å². The maximum absolute atomic E-state index is 11.9. The summed E-state index contributed by atoms with van der Waals surface area (Å²) in [4.78, 5) is 16.8. The van der Waals surface area contributed by atoms with Crippen molar-refractivity contribution in [3.05, 3.63) is 33.7 Å². The van der Waals surface area contributed by atoms with E-state index in [-0.39, 0.29) is 19.0 Å². The van der Waals surface area contributed by atoms with E-state index in [4.69, 9.17) is 21.4 Å². The number of aliphatic hydroxyl groups is 2. The predicted octanol–water partition coefficient (Wildman–Crippen LogP) is 3.56. The number of aliphatic imine (C=N–C) groups is 1. The zero-order valence-electron chi connectivity index (χ0n) is 14.7. The number of benzene rings is 1. The number of nitrogens with zero attached hydrogens (tertiary/aromatic N) is 1. The monoisotopic (exact) mass is 385 g/mol. The van der Waals surface area contributed by atoms with E-state index in [1.54, 1.807) is 24.3 Å². The van der Waals surface area contributed by atoms with Crippen LogP contribution in [0.5, 0.6) is 5.75 Å². The minimum Gasteiger partial charge on any atom is -0.489 e. The van der Waals surface area contributed by atoms with Crippen LogP contribution in [0.15, 0.2) is 28.1 Å². The van der Waals surface area contributed by atoms with Gasteiger partial charge in [-0.25, -0.2) is 0 Å². The van der Waals surface area contributed by atoms with Crippen molar-refractivity contribution in [2.75, 3.05) is 19.8 Å². The quantitative estimate of drug-likeness (QED) is 0.386. The van der Waals surface area contributed by atoms with Crippen LogP contribution in [0.3, 0.4) is 0 Å². The first-order chi connectivity index (χ1) is 11.9. The van der Waals surface area contributed by atoms with Gasteiger partial charge in [-0.15, -0.1) is 0 Å². The summed E-state index contributed by atoms with van der Waals surface area (Å²) in [5, 5.41) is 19.3. The van der Waals surface area contributed by atoms with Gasteiger partial charge in [0.2, 0.25) is 0 Å². The molecule has 1 aromatic carbocycles. The van der Waals surface area contributed by atoms with E-state index >= 15 is 0 Å². The molecule has 7 heteroatoms. The average Bonchev–Trinajstić information content (AvgIpc) is 2.58. The van der Waals surface area contributed by atoms with E-state index in [9.17, 15) is 9.90 Å². The number of hydrogen-bond donors (Lipinski definition) is 2. The second kappa shape index (κ2) is 11.3. The second-order valence-electron chi connectivity index (χ2n) is 5.40. The van der Waals surface area contributed by atoms with Gasteiger partial charge in [0.15, 0.2) is 5.78 Å². The highest BCUT2D eigenvalue weighted by molar-refractivity contribution is 8.18. The number of ketones is 1. The molecule has 5 nitrogen and oxygen atoms in total. The van der Waals surface area contributed by atoms with Gasteiger partial charge in [0.1, 0.15) is 18.5 Å². The van der Waals surface area contributed by atoms with Gasteiger partial charge in [-0.05, 0) is 44.0 Å². The summed E-state index contributed by atoms with van der Waals surface area (Å²) in [5.74, 6) is 0.364. The van der Waals surface area contributed by atoms with E-state index in [2.05, 4.69) is 4.99 Å². The van der Waals surface area contributed by atoms with Crippen LogP contribution in [0.1, 0.15) is 32.8 Å². The predicted molar refractivity (Wildman–Crippen MR) is 105 cm³/mol. The SMILES string of the molecule is CCCN=C(C)S/C(=C\c1ccc(OC[C@H](O)CO)c(Cl)c1)C(C)=O. The number of aliphatic hydroxyl groups excluding tert-OH is 2. The van der Waals surface area contributed by atoms with Gasteiger partial charge in [0, 0.05) is 6.54 Å². The molecule has 0 amide bonds. The minimum absolute atomic E-state index is 0.0430. The second-order valence-corrected chi connectivity index (χ2v) is 7.05. The van der Waals surface area contributed by atoms with E-state index in [0.29, 0.717) is 15.7 Å². The summed E-state index contributed by atoms with van der Waals surface area (Å²) in [6.07, 6.45) is 1.76. The molecular weight excluding hydrogens is 362 g/mol. The van der Waals surface area contributed by atoms with Gasteiger partial charge in [-0.3, -0.25) is 9.79 Å². The number of Topliss-reactive ketones (excluding diaryl/α,β-unsaturated/α-hetero) is 1. The van der Waals surface area contributed by atoms with Crippen LogP contribution in [0.2, 0.25) is 5.02 Å². The molecule has 0 radical (unpaired) electrons. The summed E-state index contributed by atoms with van der Waals surface area (Å²) >= 11 is 7.52. The van der Waals surface area contributed by atoms with Gasteiger partial charge in [-0.1, -0.05) is 36.4 Å². The number of carbonyl (C=O) groups is 1. The molecule has 1 rings (SSSR count). The lowest BCUT2D eigenvalue weighted by molar-refractivity contribution is -0.112. The fourth-order valence-corrected chi connectivity index (χ4v) is 2.83. The molecule has 25 heavy (non-hydrogen) atoms. The molecule has 0 fully saturated rings. The highest BCUT2D eigenvalue weighted by atomic mass is 35.5. The number of rotatable bonds is 9. The van der Waals surface area contributed by atoms with Crippen molar-refractivity contribution < 1.29 is 19.7 Å². The maximum atomic E-state index is 11.9. The fraction of sp³-hybridized carbons (Fsp3) is 0.444. The lowest BCUT2D eigenvalue weighted by Gasteiger charge is -2.11. The number of thioether (sulfide) groups is 1. The molecule has 0 saturated heterocycles. The molecule has 0 aliphatic heterocycles. The van der Waals surface area contributed by atoms with Gasteiger partial charge in [0.05, 0.1) is 21.6 Å². The van der Waals surface area contributed by atoms with Crippen LogP contribution in [-0.2, 0) is 4.79 Å². The average molecular weight is 386 g/mol. The minimum atomic E-state index is -0.957. The maximum Gasteiger partial charge on any atom is 0.166 e. The smallest absolute Gasteiger partial charge is 0.166 e. The summed E-state index contributed by atoms with van der Waals surface area (Å²) in [7, 11) is 0. The van der Waals surface area contributed by atoms with Crippen molar-refractivity contribution in [1.29, 1.82) is 0 Å². The Balaban J connectivity index is 2.91. The van der Waals surface area contributed by atoms with Crippen LogP contribution in [0.25, 0.3) is 6.08 Å². The Kier molecular flexibility index (Phi) is 9.82. The molecule has 0 aliphatic rings.